The molecule has 0 saturated carbocycles. The average molecular weight is 276 g/mol. The first-order valence-corrected chi connectivity index (χ1v) is 5.13. The van der Waals surface area contributed by atoms with Gasteiger partial charge in [-0.2, -0.15) is 13.2 Å². The van der Waals surface area contributed by atoms with Crippen molar-refractivity contribution in [2.75, 3.05) is 5.32 Å². The molecule has 1 aromatic carbocycles. The number of carbonyl (C=O) groups excluding carboxylic acids is 1. The van der Waals surface area contributed by atoms with Gasteiger partial charge in [-0.3, -0.25) is 4.79 Å². The number of nitrogens with two attached hydrogens (primary N) is 1. The Morgan fingerprint density at radius 2 is 1.95 bits per heavy atom. The lowest BCUT2D eigenvalue weighted by atomic mass is 10.1. The summed E-state index contributed by atoms with van der Waals surface area (Å²) < 4.78 is 37.4. The van der Waals surface area contributed by atoms with Crippen LogP contribution in [0.15, 0.2) is 18.2 Å². The molecule has 0 aliphatic heterocycles. The highest BCUT2D eigenvalue weighted by atomic mass is 19.4. The number of amides is 1. The van der Waals surface area contributed by atoms with Gasteiger partial charge in [0.15, 0.2) is 0 Å². The van der Waals surface area contributed by atoms with Gasteiger partial charge < -0.3 is 16.2 Å². The molecule has 1 unspecified atom stereocenters. The Bertz CT molecular complexity index is 514. The van der Waals surface area contributed by atoms with E-state index in [0.29, 0.717) is 6.07 Å². The predicted molar refractivity (Wildman–Crippen MR) is 60.7 cm³/mol. The standard InChI is InChI=1S/C11H11F3N2O3/c1-5(9(15)17)16-8-3-2-6(11(12,13)14)4-7(8)10(18)19/h2-5,16H,1H3,(H2,15,17)(H,18,19). The lowest BCUT2D eigenvalue weighted by molar-refractivity contribution is -0.137. The third kappa shape index (κ3) is 3.60. The second kappa shape index (κ2) is 5.17. The van der Waals surface area contributed by atoms with E-state index >= 15 is 0 Å². The molecule has 1 aromatic rings. The maximum absolute atomic E-state index is 12.5. The molecule has 0 fully saturated rings. The van der Waals surface area contributed by atoms with Gasteiger partial charge in [0.1, 0.15) is 6.04 Å². The molecule has 0 radical (unpaired) electrons. The number of anilines is 1. The predicted octanol–water partition coefficient (Wildman–Crippen LogP) is 1.69. The molecule has 0 aliphatic rings. The Labute approximate surface area is 106 Å². The van der Waals surface area contributed by atoms with Gasteiger partial charge in [-0.25, -0.2) is 4.79 Å². The number of primary amides is 1. The molecule has 0 bridgehead atoms. The minimum atomic E-state index is -4.64. The summed E-state index contributed by atoms with van der Waals surface area (Å²) in [7, 11) is 0. The van der Waals surface area contributed by atoms with Crippen molar-refractivity contribution in [2.24, 2.45) is 5.73 Å². The van der Waals surface area contributed by atoms with Crippen molar-refractivity contribution in [1.29, 1.82) is 0 Å². The number of carbonyl (C=O) groups is 2. The van der Waals surface area contributed by atoms with E-state index in [0.717, 1.165) is 12.1 Å². The highest BCUT2D eigenvalue weighted by Crippen LogP contribution is 2.32. The second-order valence-electron chi connectivity index (χ2n) is 3.83. The fourth-order valence-electron chi connectivity index (χ4n) is 1.33. The van der Waals surface area contributed by atoms with Crippen molar-refractivity contribution in [3.8, 4) is 0 Å². The summed E-state index contributed by atoms with van der Waals surface area (Å²) in [5, 5.41) is 11.3. The number of aromatic carboxylic acids is 1. The Hall–Kier alpha value is -2.25. The van der Waals surface area contributed by atoms with E-state index in [9.17, 15) is 22.8 Å². The molecule has 19 heavy (non-hydrogen) atoms. The molecule has 1 atom stereocenters. The first-order chi connectivity index (χ1) is 8.62. The van der Waals surface area contributed by atoms with Crippen molar-refractivity contribution in [2.45, 2.75) is 19.1 Å². The van der Waals surface area contributed by atoms with Crippen LogP contribution in [-0.4, -0.2) is 23.0 Å². The number of carboxylic acids is 1. The molecule has 104 valence electrons. The first-order valence-electron chi connectivity index (χ1n) is 5.13. The molecule has 0 heterocycles. The summed E-state index contributed by atoms with van der Waals surface area (Å²) in [6.07, 6.45) is -4.64. The summed E-state index contributed by atoms with van der Waals surface area (Å²) in [6, 6.07) is 1.27. The van der Waals surface area contributed by atoms with Crippen molar-refractivity contribution in [3.63, 3.8) is 0 Å². The van der Waals surface area contributed by atoms with E-state index in [1.807, 2.05) is 0 Å². The van der Waals surface area contributed by atoms with Crippen LogP contribution in [0.2, 0.25) is 0 Å². The van der Waals surface area contributed by atoms with Crippen LogP contribution in [0.25, 0.3) is 0 Å². The fraction of sp³-hybridized carbons (Fsp3) is 0.273. The molecule has 1 amide bonds. The second-order valence-corrected chi connectivity index (χ2v) is 3.83. The average Bonchev–Trinajstić information content (AvgIpc) is 2.27. The fourth-order valence-corrected chi connectivity index (χ4v) is 1.33. The molecule has 0 aromatic heterocycles. The van der Waals surface area contributed by atoms with E-state index in [-0.39, 0.29) is 5.69 Å². The van der Waals surface area contributed by atoms with E-state index in [4.69, 9.17) is 10.8 Å². The van der Waals surface area contributed by atoms with Gasteiger partial charge in [0.2, 0.25) is 5.91 Å². The van der Waals surface area contributed by atoms with E-state index in [2.05, 4.69) is 5.32 Å². The van der Waals surface area contributed by atoms with Gasteiger partial charge in [0.05, 0.1) is 11.1 Å². The zero-order valence-electron chi connectivity index (χ0n) is 9.78. The molecule has 5 nitrogen and oxygen atoms in total. The summed E-state index contributed by atoms with van der Waals surface area (Å²) in [5.74, 6) is -2.29. The minimum Gasteiger partial charge on any atom is -0.478 e. The van der Waals surface area contributed by atoms with Gasteiger partial charge in [-0.05, 0) is 25.1 Å². The maximum Gasteiger partial charge on any atom is 0.416 e. The Kier molecular flexibility index (Phi) is 4.03. The van der Waals surface area contributed by atoms with Gasteiger partial charge in [0, 0.05) is 5.69 Å². The summed E-state index contributed by atoms with van der Waals surface area (Å²) >= 11 is 0. The first kappa shape index (κ1) is 14.8. The van der Waals surface area contributed by atoms with Crippen LogP contribution in [0.3, 0.4) is 0 Å². The number of benzene rings is 1. The third-order valence-electron chi connectivity index (χ3n) is 2.38. The largest absolute Gasteiger partial charge is 0.478 e. The normalized spacial score (nSPS) is 12.8. The number of carboxylic acid groups (broad SMARTS) is 1. The molecule has 0 spiro atoms. The van der Waals surface area contributed by atoms with Crippen molar-refractivity contribution in [1.82, 2.24) is 0 Å². The van der Waals surface area contributed by atoms with Gasteiger partial charge >= 0.3 is 12.1 Å². The zero-order chi connectivity index (χ0) is 14.8. The topological polar surface area (TPSA) is 92.4 Å². The molecular weight excluding hydrogens is 265 g/mol. The van der Waals surface area contributed by atoms with E-state index < -0.39 is 35.2 Å². The molecule has 8 heteroatoms. The van der Waals surface area contributed by atoms with Crippen LogP contribution in [0.5, 0.6) is 0 Å². The van der Waals surface area contributed by atoms with Gasteiger partial charge in [-0.1, -0.05) is 0 Å². The van der Waals surface area contributed by atoms with Crippen LogP contribution < -0.4 is 11.1 Å². The number of nitrogens with one attached hydrogen (secondary N) is 1. The van der Waals surface area contributed by atoms with Gasteiger partial charge in [0.25, 0.3) is 0 Å². The van der Waals surface area contributed by atoms with E-state index in [1.54, 1.807) is 0 Å². The highest BCUT2D eigenvalue weighted by molar-refractivity contribution is 5.95. The Morgan fingerprint density at radius 1 is 1.37 bits per heavy atom. The number of hydrogen-bond acceptors (Lipinski definition) is 3. The number of hydrogen-bond donors (Lipinski definition) is 3. The van der Waals surface area contributed by atoms with Crippen molar-refractivity contribution in [3.05, 3.63) is 29.3 Å². The molecule has 0 saturated heterocycles. The Balaban J connectivity index is 3.19. The molecule has 0 aliphatic carbocycles. The molecule has 4 N–H and O–H groups in total. The Morgan fingerprint density at radius 3 is 2.37 bits per heavy atom. The third-order valence-corrected chi connectivity index (χ3v) is 2.38. The summed E-state index contributed by atoms with van der Waals surface area (Å²) in [6.45, 7) is 1.37. The zero-order valence-corrected chi connectivity index (χ0v) is 9.78. The lowest BCUT2D eigenvalue weighted by Crippen LogP contribution is -2.33. The van der Waals surface area contributed by atoms with Crippen LogP contribution in [0, 0.1) is 0 Å². The van der Waals surface area contributed by atoms with Crippen LogP contribution in [0.4, 0.5) is 18.9 Å². The monoisotopic (exact) mass is 276 g/mol. The van der Waals surface area contributed by atoms with Crippen molar-refractivity contribution < 1.29 is 27.9 Å². The quantitative estimate of drug-likeness (QED) is 0.780. The smallest absolute Gasteiger partial charge is 0.416 e. The SMILES string of the molecule is CC(Nc1ccc(C(F)(F)F)cc1C(=O)O)C(N)=O. The molecule has 1 rings (SSSR count). The molecular formula is C11H11F3N2O3. The minimum absolute atomic E-state index is 0.105. The summed E-state index contributed by atoms with van der Waals surface area (Å²) in [5.41, 5.74) is 3.21. The van der Waals surface area contributed by atoms with E-state index in [1.165, 1.54) is 6.92 Å². The number of rotatable bonds is 4. The van der Waals surface area contributed by atoms with Crippen LogP contribution in [0.1, 0.15) is 22.8 Å². The van der Waals surface area contributed by atoms with Crippen LogP contribution in [-0.2, 0) is 11.0 Å². The number of halogens is 3. The van der Waals surface area contributed by atoms with Crippen molar-refractivity contribution >= 4 is 17.6 Å². The lowest BCUT2D eigenvalue weighted by Gasteiger charge is -2.15. The maximum atomic E-state index is 12.5. The summed E-state index contributed by atoms with van der Waals surface area (Å²) in [4.78, 5) is 21.8. The highest BCUT2D eigenvalue weighted by Gasteiger charge is 2.32. The number of alkyl halides is 3. The van der Waals surface area contributed by atoms with Gasteiger partial charge in [-0.15, -0.1) is 0 Å². The van der Waals surface area contributed by atoms with Crippen LogP contribution >= 0.6 is 0 Å².